The minimum Gasteiger partial charge on any atom is -0.353 e. The van der Waals surface area contributed by atoms with E-state index in [0.29, 0.717) is 29.3 Å². The monoisotopic (exact) mass is 294 g/mol. The fourth-order valence-corrected chi connectivity index (χ4v) is 5.09. The smallest absolute Gasteiger partial charge is 0.223 e. The van der Waals surface area contributed by atoms with Gasteiger partial charge in [0.05, 0.1) is 0 Å². The molecule has 0 aromatic heterocycles. The predicted molar refractivity (Wildman–Crippen MR) is 87.8 cm³/mol. The molecule has 21 heavy (non-hydrogen) atoms. The van der Waals surface area contributed by atoms with Gasteiger partial charge < -0.3 is 11.1 Å². The van der Waals surface area contributed by atoms with Crippen molar-refractivity contribution in [2.45, 2.75) is 78.7 Å². The van der Waals surface area contributed by atoms with Gasteiger partial charge in [0.25, 0.3) is 0 Å². The Labute approximate surface area is 130 Å². The zero-order valence-electron chi connectivity index (χ0n) is 14.4. The molecule has 122 valence electrons. The maximum Gasteiger partial charge on any atom is 0.223 e. The molecule has 3 nitrogen and oxygen atoms in total. The molecule has 0 aromatic carbocycles. The molecular formula is C18H34N2O. The van der Waals surface area contributed by atoms with Gasteiger partial charge in [-0.1, -0.05) is 40.5 Å². The highest BCUT2D eigenvalue weighted by atomic mass is 16.2. The highest BCUT2D eigenvalue weighted by Gasteiger charge is 2.40. The third kappa shape index (κ3) is 4.45. The van der Waals surface area contributed by atoms with Gasteiger partial charge in [-0.25, -0.2) is 0 Å². The molecule has 0 saturated heterocycles. The van der Waals surface area contributed by atoms with Crippen LogP contribution >= 0.6 is 0 Å². The van der Waals surface area contributed by atoms with Crippen molar-refractivity contribution in [2.75, 3.05) is 6.54 Å². The standard InChI is InChI=1S/C18H34N2O/c1-17(2)9-14(10-18(3,4)12-17)20-16(21)15-8-6-5-7-13(15)11-19/h13-15H,5-12,19H2,1-4H3,(H,20,21). The molecule has 3 heteroatoms. The van der Waals surface area contributed by atoms with Crippen molar-refractivity contribution < 1.29 is 4.79 Å². The summed E-state index contributed by atoms with van der Waals surface area (Å²) in [6.45, 7) is 9.97. The maximum atomic E-state index is 12.7. The zero-order valence-corrected chi connectivity index (χ0v) is 14.4. The summed E-state index contributed by atoms with van der Waals surface area (Å²) in [6.07, 6.45) is 7.99. The van der Waals surface area contributed by atoms with Crippen molar-refractivity contribution in [1.82, 2.24) is 5.32 Å². The van der Waals surface area contributed by atoms with Crippen molar-refractivity contribution in [1.29, 1.82) is 0 Å². The summed E-state index contributed by atoms with van der Waals surface area (Å²) in [7, 11) is 0. The highest BCUT2D eigenvalue weighted by molar-refractivity contribution is 5.79. The number of rotatable bonds is 3. The normalized spacial score (nSPS) is 32.6. The van der Waals surface area contributed by atoms with E-state index in [-0.39, 0.29) is 11.8 Å². The van der Waals surface area contributed by atoms with Gasteiger partial charge in [-0.05, 0) is 55.4 Å². The van der Waals surface area contributed by atoms with Crippen molar-refractivity contribution in [3.8, 4) is 0 Å². The van der Waals surface area contributed by atoms with Crippen molar-refractivity contribution in [2.24, 2.45) is 28.4 Å². The number of nitrogens with two attached hydrogens (primary N) is 1. The van der Waals surface area contributed by atoms with Crippen LogP contribution in [0.15, 0.2) is 0 Å². The first-order valence-corrected chi connectivity index (χ1v) is 8.73. The third-order valence-electron chi connectivity index (χ3n) is 5.45. The SMILES string of the molecule is CC1(C)CC(NC(=O)C2CCCCC2CN)CC(C)(C)C1. The predicted octanol–water partition coefficient (Wildman–Crippen LogP) is 3.47. The van der Waals surface area contributed by atoms with Crippen LogP contribution in [0.2, 0.25) is 0 Å². The van der Waals surface area contributed by atoms with Crippen LogP contribution in [0.1, 0.15) is 72.6 Å². The molecule has 2 rings (SSSR count). The van der Waals surface area contributed by atoms with Crippen LogP contribution in [0.3, 0.4) is 0 Å². The van der Waals surface area contributed by atoms with Gasteiger partial charge in [0, 0.05) is 12.0 Å². The lowest BCUT2D eigenvalue weighted by Crippen LogP contribution is -2.49. The average molecular weight is 294 g/mol. The summed E-state index contributed by atoms with van der Waals surface area (Å²) in [5.74, 6) is 0.809. The van der Waals surface area contributed by atoms with Gasteiger partial charge in [0.1, 0.15) is 0 Å². The first-order chi connectivity index (χ1) is 9.72. The van der Waals surface area contributed by atoms with Crippen LogP contribution in [-0.2, 0) is 4.79 Å². The third-order valence-corrected chi connectivity index (χ3v) is 5.45. The zero-order chi connectivity index (χ0) is 15.7. The minimum absolute atomic E-state index is 0.150. The van der Waals surface area contributed by atoms with Gasteiger partial charge in [0.15, 0.2) is 0 Å². The molecule has 2 saturated carbocycles. The van der Waals surface area contributed by atoms with E-state index in [4.69, 9.17) is 5.73 Å². The van der Waals surface area contributed by atoms with Gasteiger partial charge in [-0.2, -0.15) is 0 Å². The molecule has 0 aliphatic heterocycles. The maximum absolute atomic E-state index is 12.7. The van der Waals surface area contributed by atoms with Crippen LogP contribution in [0.5, 0.6) is 0 Å². The van der Waals surface area contributed by atoms with E-state index in [0.717, 1.165) is 25.7 Å². The van der Waals surface area contributed by atoms with Crippen LogP contribution < -0.4 is 11.1 Å². The molecule has 0 bridgehead atoms. The summed E-state index contributed by atoms with van der Waals surface area (Å²) in [5.41, 5.74) is 6.51. The molecule has 0 radical (unpaired) electrons. The second-order valence-electron chi connectivity index (χ2n) is 9.01. The second-order valence-corrected chi connectivity index (χ2v) is 9.01. The molecule has 2 aliphatic carbocycles. The lowest BCUT2D eigenvalue weighted by atomic mass is 9.63. The molecule has 0 aromatic rings. The van der Waals surface area contributed by atoms with E-state index in [2.05, 4.69) is 33.0 Å². The molecule has 1 amide bonds. The number of amides is 1. The van der Waals surface area contributed by atoms with Crippen LogP contribution in [0.25, 0.3) is 0 Å². The van der Waals surface area contributed by atoms with Crippen LogP contribution in [0, 0.1) is 22.7 Å². The van der Waals surface area contributed by atoms with Crippen molar-refractivity contribution in [3.63, 3.8) is 0 Å². The quantitative estimate of drug-likeness (QED) is 0.837. The number of carbonyl (C=O) groups is 1. The average Bonchev–Trinajstić information content (AvgIpc) is 2.34. The Kier molecular flexibility index (Phi) is 5.02. The molecule has 0 spiro atoms. The lowest BCUT2D eigenvalue weighted by molar-refractivity contribution is -0.129. The Bertz CT molecular complexity index is 359. The fraction of sp³-hybridized carbons (Fsp3) is 0.944. The van der Waals surface area contributed by atoms with Gasteiger partial charge in [0.2, 0.25) is 5.91 Å². The highest BCUT2D eigenvalue weighted by Crippen LogP contribution is 2.45. The summed E-state index contributed by atoms with van der Waals surface area (Å²) in [6, 6.07) is 0.330. The lowest BCUT2D eigenvalue weighted by Gasteiger charge is -2.45. The van der Waals surface area contributed by atoms with E-state index in [1.165, 1.54) is 19.3 Å². The number of hydrogen-bond donors (Lipinski definition) is 2. The van der Waals surface area contributed by atoms with Gasteiger partial charge in [-0.15, -0.1) is 0 Å². The molecule has 2 aliphatic rings. The first kappa shape index (κ1) is 16.8. The topological polar surface area (TPSA) is 55.1 Å². The number of nitrogens with one attached hydrogen (secondary N) is 1. The Morgan fingerprint density at radius 1 is 1.10 bits per heavy atom. The van der Waals surface area contributed by atoms with E-state index in [9.17, 15) is 4.79 Å². The molecule has 2 fully saturated rings. The van der Waals surface area contributed by atoms with E-state index < -0.39 is 0 Å². The van der Waals surface area contributed by atoms with Crippen molar-refractivity contribution in [3.05, 3.63) is 0 Å². The largest absolute Gasteiger partial charge is 0.353 e. The number of carbonyl (C=O) groups excluding carboxylic acids is 1. The Morgan fingerprint density at radius 2 is 1.67 bits per heavy atom. The summed E-state index contributed by atoms with van der Waals surface area (Å²) in [4.78, 5) is 12.7. The van der Waals surface area contributed by atoms with Crippen molar-refractivity contribution >= 4 is 5.91 Å². The summed E-state index contributed by atoms with van der Waals surface area (Å²) in [5, 5.41) is 3.37. The van der Waals surface area contributed by atoms with E-state index >= 15 is 0 Å². The van der Waals surface area contributed by atoms with Crippen LogP contribution in [0.4, 0.5) is 0 Å². The molecular weight excluding hydrogens is 260 g/mol. The molecule has 0 heterocycles. The Hall–Kier alpha value is -0.570. The van der Waals surface area contributed by atoms with Gasteiger partial charge >= 0.3 is 0 Å². The first-order valence-electron chi connectivity index (χ1n) is 8.73. The van der Waals surface area contributed by atoms with Gasteiger partial charge in [-0.3, -0.25) is 4.79 Å². The summed E-state index contributed by atoms with van der Waals surface area (Å²) >= 11 is 0. The fourth-order valence-electron chi connectivity index (χ4n) is 5.09. The minimum atomic E-state index is 0.150. The molecule has 2 atom stereocenters. The Morgan fingerprint density at radius 3 is 2.24 bits per heavy atom. The second kappa shape index (κ2) is 6.28. The van der Waals surface area contributed by atoms with E-state index in [1.54, 1.807) is 0 Å². The Balaban J connectivity index is 1.98. The number of hydrogen-bond acceptors (Lipinski definition) is 2. The molecule has 2 unspecified atom stereocenters. The van der Waals surface area contributed by atoms with Crippen LogP contribution in [-0.4, -0.2) is 18.5 Å². The van der Waals surface area contributed by atoms with E-state index in [1.807, 2.05) is 0 Å². The molecule has 3 N–H and O–H groups in total. The summed E-state index contributed by atoms with van der Waals surface area (Å²) < 4.78 is 0.